The highest BCUT2D eigenvalue weighted by molar-refractivity contribution is 14.1. The van der Waals surface area contributed by atoms with Crippen molar-refractivity contribution in [2.75, 3.05) is 13.1 Å². The van der Waals surface area contributed by atoms with Gasteiger partial charge in [-0.15, -0.1) is 0 Å². The van der Waals surface area contributed by atoms with Gasteiger partial charge in [-0.3, -0.25) is 0 Å². The van der Waals surface area contributed by atoms with Crippen LogP contribution in [0.5, 0.6) is 0 Å². The van der Waals surface area contributed by atoms with Gasteiger partial charge in [-0.05, 0) is 72.6 Å². The fraction of sp³-hybridized carbons (Fsp3) is 0.538. The van der Waals surface area contributed by atoms with Gasteiger partial charge >= 0.3 is 0 Å². The van der Waals surface area contributed by atoms with Gasteiger partial charge in [0.1, 0.15) is 0 Å². The lowest BCUT2D eigenvalue weighted by Crippen LogP contribution is -2.32. The lowest BCUT2D eigenvalue weighted by atomic mass is 9.88. The summed E-state index contributed by atoms with van der Waals surface area (Å²) >= 11 is 2.30. The summed E-state index contributed by atoms with van der Waals surface area (Å²) in [5.41, 5.74) is 0.737. The molecule has 3 heteroatoms. The summed E-state index contributed by atoms with van der Waals surface area (Å²) in [6.07, 6.45) is 3.62. The predicted molar refractivity (Wildman–Crippen MR) is 74.5 cm³/mol. The maximum absolute atomic E-state index is 10.5. The van der Waals surface area contributed by atoms with Gasteiger partial charge in [0.05, 0.1) is 5.60 Å². The number of hydrogen-bond donors (Lipinski definition) is 2. The summed E-state index contributed by atoms with van der Waals surface area (Å²) in [7, 11) is 0. The lowest BCUT2D eigenvalue weighted by Gasteiger charge is -2.26. The van der Waals surface area contributed by atoms with Crippen LogP contribution in [-0.2, 0) is 6.42 Å². The summed E-state index contributed by atoms with van der Waals surface area (Å²) in [5.74, 6) is 0. The number of hydrogen-bond acceptors (Lipinski definition) is 2. The van der Waals surface area contributed by atoms with Crippen molar-refractivity contribution in [2.45, 2.75) is 31.3 Å². The van der Waals surface area contributed by atoms with Crippen molar-refractivity contribution >= 4 is 22.6 Å². The van der Waals surface area contributed by atoms with E-state index in [0.29, 0.717) is 0 Å². The second-order valence-corrected chi connectivity index (χ2v) is 5.88. The molecule has 1 atom stereocenters. The zero-order valence-corrected chi connectivity index (χ0v) is 11.5. The average Bonchev–Trinajstić information content (AvgIpc) is 2.47. The first-order valence-corrected chi connectivity index (χ1v) is 6.93. The molecule has 1 heterocycles. The van der Waals surface area contributed by atoms with E-state index in [0.717, 1.165) is 38.8 Å². The van der Waals surface area contributed by atoms with Crippen molar-refractivity contribution in [2.24, 2.45) is 0 Å². The van der Waals surface area contributed by atoms with Gasteiger partial charge in [0.15, 0.2) is 0 Å². The third-order valence-electron chi connectivity index (χ3n) is 3.21. The molecule has 2 nitrogen and oxygen atoms in total. The van der Waals surface area contributed by atoms with Crippen LogP contribution in [0.4, 0.5) is 0 Å². The van der Waals surface area contributed by atoms with Crippen LogP contribution in [0.3, 0.4) is 0 Å². The van der Waals surface area contributed by atoms with E-state index < -0.39 is 5.60 Å². The molecule has 1 aromatic carbocycles. The highest BCUT2D eigenvalue weighted by Crippen LogP contribution is 2.24. The normalized spacial score (nSPS) is 26.4. The summed E-state index contributed by atoms with van der Waals surface area (Å²) in [6, 6.07) is 8.46. The van der Waals surface area contributed by atoms with Crippen LogP contribution in [0, 0.1) is 3.57 Å². The third-order valence-corrected chi connectivity index (χ3v) is 3.93. The van der Waals surface area contributed by atoms with Gasteiger partial charge in [-0.2, -0.15) is 0 Å². The van der Waals surface area contributed by atoms with Crippen LogP contribution < -0.4 is 5.32 Å². The first kappa shape index (κ1) is 12.3. The Morgan fingerprint density at radius 3 is 2.69 bits per heavy atom. The van der Waals surface area contributed by atoms with Crippen LogP contribution in [0.15, 0.2) is 24.3 Å². The molecule has 1 fully saturated rings. The minimum atomic E-state index is -0.504. The quantitative estimate of drug-likeness (QED) is 0.816. The van der Waals surface area contributed by atoms with E-state index in [1.807, 2.05) is 0 Å². The number of aliphatic hydroxyl groups is 1. The van der Waals surface area contributed by atoms with E-state index in [-0.39, 0.29) is 0 Å². The van der Waals surface area contributed by atoms with E-state index in [1.54, 1.807) is 0 Å². The van der Waals surface area contributed by atoms with Crippen LogP contribution in [0.1, 0.15) is 24.8 Å². The Kier molecular flexibility index (Phi) is 4.21. The zero-order chi connectivity index (χ0) is 11.4. The lowest BCUT2D eigenvalue weighted by molar-refractivity contribution is 0.0285. The van der Waals surface area contributed by atoms with Gasteiger partial charge in [0.25, 0.3) is 0 Å². The van der Waals surface area contributed by atoms with Gasteiger partial charge in [-0.1, -0.05) is 12.1 Å². The first-order chi connectivity index (χ1) is 7.68. The van der Waals surface area contributed by atoms with Gasteiger partial charge in [-0.25, -0.2) is 0 Å². The monoisotopic (exact) mass is 331 g/mol. The Bertz CT molecular complexity index is 328. The Labute approximate surface area is 111 Å². The smallest absolute Gasteiger partial charge is 0.0700 e. The second kappa shape index (κ2) is 5.47. The highest BCUT2D eigenvalue weighted by Gasteiger charge is 2.27. The fourth-order valence-corrected chi connectivity index (χ4v) is 2.63. The van der Waals surface area contributed by atoms with Crippen LogP contribution >= 0.6 is 22.6 Å². The minimum absolute atomic E-state index is 0.504. The molecule has 0 radical (unpaired) electrons. The molecule has 1 unspecified atom stereocenters. The van der Waals surface area contributed by atoms with Crippen molar-refractivity contribution in [1.29, 1.82) is 0 Å². The zero-order valence-electron chi connectivity index (χ0n) is 9.38. The van der Waals surface area contributed by atoms with Crippen molar-refractivity contribution in [3.8, 4) is 0 Å². The molecule has 0 spiro atoms. The van der Waals surface area contributed by atoms with Gasteiger partial charge < -0.3 is 10.4 Å². The van der Waals surface area contributed by atoms with Crippen molar-refractivity contribution < 1.29 is 5.11 Å². The van der Waals surface area contributed by atoms with E-state index in [4.69, 9.17) is 0 Å². The van der Waals surface area contributed by atoms with Crippen molar-refractivity contribution in [1.82, 2.24) is 5.32 Å². The topological polar surface area (TPSA) is 32.3 Å². The average molecular weight is 331 g/mol. The highest BCUT2D eigenvalue weighted by atomic mass is 127. The SMILES string of the molecule is OC1(Cc2ccc(I)cc2)CCCNCC1. The Hall–Kier alpha value is -0.130. The molecule has 1 aliphatic heterocycles. The Morgan fingerprint density at radius 2 is 1.94 bits per heavy atom. The van der Waals surface area contributed by atoms with Gasteiger partial charge in [0, 0.05) is 9.99 Å². The molecule has 0 saturated carbocycles. The molecular formula is C13H18INO. The number of rotatable bonds is 2. The summed E-state index contributed by atoms with van der Waals surface area (Å²) in [6.45, 7) is 1.97. The van der Waals surface area contributed by atoms with E-state index in [1.165, 1.54) is 9.13 Å². The largest absolute Gasteiger partial charge is 0.389 e. The number of benzene rings is 1. The predicted octanol–water partition coefficient (Wildman–Crippen LogP) is 2.34. The van der Waals surface area contributed by atoms with Crippen LogP contribution in [-0.4, -0.2) is 23.8 Å². The number of halogens is 1. The molecule has 1 saturated heterocycles. The molecule has 0 amide bonds. The minimum Gasteiger partial charge on any atom is -0.389 e. The Morgan fingerprint density at radius 1 is 1.19 bits per heavy atom. The fourth-order valence-electron chi connectivity index (χ4n) is 2.27. The van der Waals surface area contributed by atoms with Crippen LogP contribution in [0.25, 0.3) is 0 Å². The second-order valence-electron chi connectivity index (χ2n) is 4.63. The molecule has 0 aliphatic carbocycles. The molecule has 0 bridgehead atoms. The molecule has 1 aromatic rings. The van der Waals surface area contributed by atoms with Crippen molar-refractivity contribution in [3.63, 3.8) is 0 Å². The molecule has 2 rings (SSSR count). The molecule has 16 heavy (non-hydrogen) atoms. The summed E-state index contributed by atoms with van der Waals surface area (Å²) in [4.78, 5) is 0. The summed E-state index contributed by atoms with van der Waals surface area (Å²) < 4.78 is 1.25. The van der Waals surface area contributed by atoms with Gasteiger partial charge in [0.2, 0.25) is 0 Å². The number of nitrogens with one attached hydrogen (secondary N) is 1. The molecular weight excluding hydrogens is 313 g/mol. The standard InChI is InChI=1S/C13H18INO/c14-12-4-2-11(3-5-12)10-13(16)6-1-8-15-9-7-13/h2-5,15-16H,1,6-10H2. The Balaban J connectivity index is 2.04. The molecule has 88 valence electrons. The van der Waals surface area contributed by atoms with Crippen LogP contribution in [0.2, 0.25) is 0 Å². The third kappa shape index (κ3) is 3.43. The maximum atomic E-state index is 10.5. The van der Waals surface area contributed by atoms with E-state index in [9.17, 15) is 5.11 Å². The molecule has 1 aliphatic rings. The van der Waals surface area contributed by atoms with E-state index in [2.05, 4.69) is 52.2 Å². The molecule has 0 aromatic heterocycles. The first-order valence-electron chi connectivity index (χ1n) is 5.86. The maximum Gasteiger partial charge on any atom is 0.0700 e. The van der Waals surface area contributed by atoms with Crippen molar-refractivity contribution in [3.05, 3.63) is 33.4 Å². The van der Waals surface area contributed by atoms with E-state index >= 15 is 0 Å². The summed E-state index contributed by atoms with van der Waals surface area (Å²) in [5, 5.41) is 13.9. The molecule has 2 N–H and O–H groups in total.